The second-order valence-electron chi connectivity index (χ2n) is 32.7. The molecular formula is C89H174O17P2. The van der Waals surface area contributed by atoms with E-state index >= 15 is 0 Å². The lowest BCUT2D eigenvalue weighted by Crippen LogP contribution is -2.30. The van der Waals surface area contributed by atoms with E-state index in [1.54, 1.807) is 0 Å². The molecule has 3 unspecified atom stereocenters. The van der Waals surface area contributed by atoms with E-state index in [1.165, 1.54) is 295 Å². The highest BCUT2D eigenvalue weighted by atomic mass is 31.2. The maximum Gasteiger partial charge on any atom is 0.472 e. The van der Waals surface area contributed by atoms with Gasteiger partial charge in [-0.1, -0.05) is 427 Å². The van der Waals surface area contributed by atoms with Gasteiger partial charge in [0.1, 0.15) is 19.3 Å². The summed E-state index contributed by atoms with van der Waals surface area (Å²) in [5.74, 6) is -0.482. The van der Waals surface area contributed by atoms with Crippen LogP contribution in [-0.2, 0) is 65.4 Å². The minimum absolute atomic E-state index is 0.108. The summed E-state index contributed by atoms with van der Waals surface area (Å²) >= 11 is 0. The first-order valence-electron chi connectivity index (χ1n) is 46.0. The lowest BCUT2D eigenvalue weighted by molar-refractivity contribution is -0.161. The zero-order chi connectivity index (χ0) is 79.2. The van der Waals surface area contributed by atoms with E-state index in [9.17, 15) is 43.2 Å². The van der Waals surface area contributed by atoms with Crippen LogP contribution < -0.4 is 0 Å². The Morgan fingerprint density at radius 3 is 0.704 bits per heavy atom. The number of phosphoric ester groups is 2. The number of carbonyl (C=O) groups excluding carboxylic acids is 4. The second-order valence-corrected chi connectivity index (χ2v) is 35.6. The van der Waals surface area contributed by atoms with Crippen LogP contribution in [0.15, 0.2) is 0 Å². The van der Waals surface area contributed by atoms with Crippen LogP contribution in [0.1, 0.15) is 478 Å². The number of carbonyl (C=O) groups is 4. The van der Waals surface area contributed by atoms with Gasteiger partial charge < -0.3 is 33.8 Å². The molecule has 0 spiro atoms. The van der Waals surface area contributed by atoms with Crippen molar-refractivity contribution < 1.29 is 80.2 Å². The van der Waals surface area contributed by atoms with E-state index in [2.05, 4.69) is 41.5 Å². The largest absolute Gasteiger partial charge is 0.472 e. The predicted molar refractivity (Wildman–Crippen MR) is 446 cm³/mol. The Morgan fingerprint density at radius 2 is 0.472 bits per heavy atom. The van der Waals surface area contributed by atoms with Crippen LogP contribution >= 0.6 is 15.6 Å². The number of hydrogen-bond acceptors (Lipinski definition) is 15. The molecule has 0 heterocycles. The Labute approximate surface area is 664 Å². The van der Waals surface area contributed by atoms with Crippen molar-refractivity contribution in [2.24, 2.45) is 11.8 Å². The second kappa shape index (κ2) is 80.3. The number of ether oxygens (including phenoxy) is 4. The normalized spacial score (nSPS) is 14.0. The zero-order valence-corrected chi connectivity index (χ0v) is 73.0. The summed E-state index contributed by atoms with van der Waals surface area (Å²) in [6.45, 7) is 9.74. The third kappa shape index (κ3) is 80.7. The van der Waals surface area contributed by atoms with Crippen LogP contribution in [0, 0.1) is 11.8 Å². The molecule has 0 saturated heterocycles. The number of hydrogen-bond donors (Lipinski definition) is 3. The molecule has 642 valence electrons. The molecule has 0 aromatic heterocycles. The van der Waals surface area contributed by atoms with Crippen molar-refractivity contribution in [3.63, 3.8) is 0 Å². The monoisotopic (exact) mass is 1580 g/mol. The minimum atomic E-state index is -4.97. The first-order chi connectivity index (χ1) is 52.4. The zero-order valence-electron chi connectivity index (χ0n) is 71.2. The maximum absolute atomic E-state index is 13.2. The topological polar surface area (TPSA) is 237 Å². The van der Waals surface area contributed by atoms with E-state index in [1.807, 2.05) is 0 Å². The summed E-state index contributed by atoms with van der Waals surface area (Å²) in [4.78, 5) is 73.4. The van der Waals surface area contributed by atoms with Crippen LogP contribution in [0.4, 0.5) is 0 Å². The number of aliphatic hydroxyl groups is 1. The summed E-state index contributed by atoms with van der Waals surface area (Å²) in [7, 11) is -9.93. The summed E-state index contributed by atoms with van der Waals surface area (Å²) < 4.78 is 69.0. The number of rotatable bonds is 88. The summed E-state index contributed by atoms with van der Waals surface area (Å²) in [6.07, 6.45) is 73.6. The van der Waals surface area contributed by atoms with Crippen LogP contribution in [0.25, 0.3) is 0 Å². The maximum atomic E-state index is 13.2. The van der Waals surface area contributed by atoms with Crippen LogP contribution in [0.5, 0.6) is 0 Å². The summed E-state index contributed by atoms with van der Waals surface area (Å²) in [6, 6.07) is 0. The highest BCUT2D eigenvalue weighted by Gasteiger charge is 2.31. The standard InChI is InChI=1S/C89H174O17P2/c1-7-10-12-14-16-18-20-22-24-26-30-34-37-41-47-53-59-65-71-86(91)99-77-84(105-88(93)74-68-62-56-49-43-39-35-31-28-27-29-32-36-40-46-52-58-64-70-82(6)9-3)79-103-107(95,96)101-75-83(90)76-102-108(97,98)104-80-85(78-100-87(92)72-66-60-54-50-44-45-51-57-63-69-81(4)5)106-89(94)73-67-61-55-48-42-38-33-25-23-21-19-17-15-13-11-8-2/h81-85,90H,7-80H2,1-6H3,(H,95,96)(H,97,98)/t82?,83-,84-,85-/m1/s1. The van der Waals surface area contributed by atoms with Gasteiger partial charge in [0.15, 0.2) is 12.2 Å². The molecule has 6 atom stereocenters. The Bertz CT molecular complexity index is 2070. The van der Waals surface area contributed by atoms with Gasteiger partial charge >= 0.3 is 39.5 Å². The fraction of sp³-hybridized carbons (Fsp3) is 0.955. The molecule has 0 aromatic rings. The molecule has 0 rings (SSSR count). The molecule has 0 aliphatic carbocycles. The number of esters is 4. The number of aliphatic hydroxyl groups excluding tert-OH is 1. The molecule has 0 aliphatic rings. The lowest BCUT2D eigenvalue weighted by atomic mass is 9.99. The van der Waals surface area contributed by atoms with Crippen molar-refractivity contribution in [1.82, 2.24) is 0 Å². The van der Waals surface area contributed by atoms with Gasteiger partial charge in [0, 0.05) is 25.7 Å². The van der Waals surface area contributed by atoms with Gasteiger partial charge in [-0.3, -0.25) is 37.3 Å². The molecule has 17 nitrogen and oxygen atoms in total. The van der Waals surface area contributed by atoms with Crippen LogP contribution in [0.2, 0.25) is 0 Å². The van der Waals surface area contributed by atoms with Crippen molar-refractivity contribution in [2.75, 3.05) is 39.6 Å². The molecule has 0 amide bonds. The van der Waals surface area contributed by atoms with E-state index in [-0.39, 0.29) is 25.7 Å². The van der Waals surface area contributed by atoms with Crippen molar-refractivity contribution >= 4 is 39.5 Å². The van der Waals surface area contributed by atoms with Gasteiger partial charge in [0.05, 0.1) is 26.4 Å². The Morgan fingerprint density at radius 1 is 0.269 bits per heavy atom. The number of unbranched alkanes of at least 4 members (excludes halogenated alkanes) is 57. The molecule has 0 radical (unpaired) electrons. The fourth-order valence-electron chi connectivity index (χ4n) is 13.9. The number of phosphoric acid groups is 2. The molecule has 0 bridgehead atoms. The summed E-state index contributed by atoms with van der Waals surface area (Å²) in [5.41, 5.74) is 0. The van der Waals surface area contributed by atoms with E-state index in [0.29, 0.717) is 25.7 Å². The smallest absolute Gasteiger partial charge is 0.462 e. The van der Waals surface area contributed by atoms with E-state index in [4.69, 9.17) is 37.0 Å². The average Bonchev–Trinajstić information content (AvgIpc) is 0.899. The van der Waals surface area contributed by atoms with E-state index < -0.39 is 97.5 Å². The van der Waals surface area contributed by atoms with E-state index in [0.717, 1.165) is 102 Å². The SMILES string of the molecule is CCCCCCCCCCCCCCCCCCCCC(=O)OC[C@H](COP(=O)(O)OC[C@@H](O)COP(=O)(O)OC[C@@H](COC(=O)CCCCCCCCCCCC(C)C)OC(=O)CCCCCCCCCCCCCCCCCC)OC(=O)CCCCCCCCCCCCCCCCCCCCC(C)CC. The lowest BCUT2D eigenvalue weighted by Gasteiger charge is -2.21. The molecule has 0 saturated carbocycles. The Hall–Kier alpha value is -1.94. The van der Waals surface area contributed by atoms with Gasteiger partial charge in [-0.05, 0) is 37.5 Å². The molecular weight excluding hydrogens is 1400 g/mol. The van der Waals surface area contributed by atoms with Gasteiger partial charge in [0.25, 0.3) is 0 Å². The fourth-order valence-corrected chi connectivity index (χ4v) is 15.5. The van der Waals surface area contributed by atoms with Gasteiger partial charge in [-0.25, -0.2) is 9.13 Å². The average molecular weight is 1580 g/mol. The first kappa shape index (κ1) is 106. The van der Waals surface area contributed by atoms with Gasteiger partial charge in [-0.15, -0.1) is 0 Å². The third-order valence-electron chi connectivity index (χ3n) is 21.3. The van der Waals surface area contributed by atoms with Crippen molar-refractivity contribution in [2.45, 2.75) is 496 Å². The van der Waals surface area contributed by atoms with Gasteiger partial charge in [-0.2, -0.15) is 0 Å². The predicted octanol–water partition coefficient (Wildman–Crippen LogP) is 27.4. The molecule has 3 N–H and O–H groups in total. The quantitative estimate of drug-likeness (QED) is 0.0222. The first-order valence-corrected chi connectivity index (χ1v) is 49.0. The molecule has 108 heavy (non-hydrogen) atoms. The van der Waals surface area contributed by atoms with Crippen molar-refractivity contribution in [1.29, 1.82) is 0 Å². The molecule has 19 heteroatoms. The Kier molecular flexibility index (Phi) is 78.8. The highest BCUT2D eigenvalue weighted by Crippen LogP contribution is 2.45. The highest BCUT2D eigenvalue weighted by molar-refractivity contribution is 7.47. The minimum Gasteiger partial charge on any atom is -0.462 e. The van der Waals surface area contributed by atoms with Crippen LogP contribution in [-0.4, -0.2) is 96.7 Å². The van der Waals surface area contributed by atoms with Gasteiger partial charge in [0.2, 0.25) is 0 Å². The third-order valence-corrected chi connectivity index (χ3v) is 23.2. The van der Waals surface area contributed by atoms with Crippen LogP contribution in [0.3, 0.4) is 0 Å². The van der Waals surface area contributed by atoms with Crippen molar-refractivity contribution in [3.05, 3.63) is 0 Å². The molecule has 0 fully saturated rings. The Balaban J connectivity index is 5.25. The summed E-state index contributed by atoms with van der Waals surface area (Å²) in [5, 5.41) is 10.7. The molecule has 0 aliphatic heterocycles. The molecule has 0 aromatic carbocycles. The van der Waals surface area contributed by atoms with Crippen molar-refractivity contribution in [3.8, 4) is 0 Å².